The van der Waals surface area contributed by atoms with Gasteiger partial charge in [0.05, 0.1) is 0 Å². The van der Waals surface area contributed by atoms with E-state index in [9.17, 15) is 14.4 Å². The Morgan fingerprint density at radius 1 is 1.30 bits per heavy atom. The number of anilines is 1. The van der Waals surface area contributed by atoms with Crippen molar-refractivity contribution in [3.63, 3.8) is 0 Å². The lowest BCUT2D eigenvalue weighted by atomic mass is 10.0. The molecule has 1 aromatic carbocycles. The molecule has 0 radical (unpaired) electrons. The first-order valence-corrected chi connectivity index (χ1v) is 9.50. The molecule has 4 N–H and O–H groups in total. The lowest BCUT2D eigenvalue weighted by molar-refractivity contribution is -0.136. The number of aromatic nitrogens is 1. The number of nitrogens with two attached hydrogens (primary N) is 1. The van der Waals surface area contributed by atoms with E-state index in [1.807, 2.05) is 18.2 Å². The SMILES string of the molecule is Nc1ncc(CNCc2ccc3c(c2)C(=O)N(C2CCC(=O)NC2=O)C3)s1. The van der Waals surface area contributed by atoms with Crippen LogP contribution in [0, 0.1) is 0 Å². The molecule has 140 valence electrons. The van der Waals surface area contributed by atoms with Crippen molar-refractivity contribution in [3.05, 3.63) is 46.0 Å². The highest BCUT2D eigenvalue weighted by atomic mass is 32.1. The Labute approximate surface area is 159 Å². The Bertz CT molecular complexity index is 925. The van der Waals surface area contributed by atoms with Gasteiger partial charge >= 0.3 is 0 Å². The molecule has 2 aromatic rings. The van der Waals surface area contributed by atoms with Crippen molar-refractivity contribution in [2.45, 2.75) is 38.5 Å². The van der Waals surface area contributed by atoms with Crippen LogP contribution in [-0.2, 0) is 29.2 Å². The molecule has 0 bridgehead atoms. The van der Waals surface area contributed by atoms with Crippen molar-refractivity contribution in [1.82, 2.24) is 20.5 Å². The number of imide groups is 1. The number of fused-ring (bicyclic) bond motifs is 1. The standard InChI is InChI=1S/C18H19N5O3S/c19-18-21-8-12(27-18)7-20-6-10-1-2-11-9-23(17(26)13(11)5-10)14-3-4-15(24)22-16(14)25/h1-2,5,8,14,20H,3-4,6-7,9H2,(H2,19,21)(H,22,24,25). The third-order valence-corrected chi connectivity index (χ3v) is 5.62. The average molecular weight is 385 g/mol. The summed E-state index contributed by atoms with van der Waals surface area (Å²) in [6.07, 6.45) is 2.38. The molecular weight excluding hydrogens is 366 g/mol. The zero-order valence-corrected chi connectivity index (χ0v) is 15.3. The van der Waals surface area contributed by atoms with Crippen LogP contribution in [-0.4, -0.2) is 33.6 Å². The number of hydrogen-bond acceptors (Lipinski definition) is 7. The van der Waals surface area contributed by atoms with E-state index in [-0.39, 0.29) is 18.2 Å². The molecule has 1 aromatic heterocycles. The van der Waals surface area contributed by atoms with Gasteiger partial charge in [-0.2, -0.15) is 0 Å². The van der Waals surface area contributed by atoms with Gasteiger partial charge in [0, 0.05) is 42.7 Å². The van der Waals surface area contributed by atoms with Gasteiger partial charge in [-0.3, -0.25) is 19.7 Å². The first-order chi connectivity index (χ1) is 13.0. The van der Waals surface area contributed by atoms with Crippen LogP contribution in [0.25, 0.3) is 0 Å². The zero-order valence-electron chi connectivity index (χ0n) is 14.5. The highest BCUT2D eigenvalue weighted by molar-refractivity contribution is 7.15. The minimum atomic E-state index is -0.582. The van der Waals surface area contributed by atoms with Gasteiger partial charge < -0.3 is 16.0 Å². The number of thiazole rings is 1. The number of piperidine rings is 1. The fraction of sp³-hybridized carbons (Fsp3) is 0.333. The second-order valence-electron chi connectivity index (χ2n) is 6.66. The number of hydrogen-bond donors (Lipinski definition) is 3. The summed E-state index contributed by atoms with van der Waals surface area (Å²) in [7, 11) is 0. The maximum absolute atomic E-state index is 12.8. The minimum absolute atomic E-state index is 0.156. The number of benzene rings is 1. The highest BCUT2D eigenvalue weighted by Crippen LogP contribution is 2.28. The molecule has 27 heavy (non-hydrogen) atoms. The van der Waals surface area contributed by atoms with E-state index in [0.717, 1.165) is 16.0 Å². The Hall–Kier alpha value is -2.78. The van der Waals surface area contributed by atoms with Crippen LogP contribution in [0.3, 0.4) is 0 Å². The van der Waals surface area contributed by atoms with Gasteiger partial charge in [0.2, 0.25) is 11.8 Å². The molecule has 1 fully saturated rings. The van der Waals surface area contributed by atoms with Gasteiger partial charge in [0.1, 0.15) is 6.04 Å². The van der Waals surface area contributed by atoms with Gasteiger partial charge in [-0.25, -0.2) is 4.98 Å². The predicted octanol–water partition coefficient (Wildman–Crippen LogP) is 0.776. The zero-order chi connectivity index (χ0) is 19.0. The third-order valence-electron chi connectivity index (χ3n) is 4.79. The van der Waals surface area contributed by atoms with Crippen LogP contribution < -0.4 is 16.4 Å². The van der Waals surface area contributed by atoms with E-state index >= 15 is 0 Å². The van der Waals surface area contributed by atoms with Crippen LogP contribution in [0.2, 0.25) is 0 Å². The summed E-state index contributed by atoms with van der Waals surface area (Å²) in [5.41, 5.74) is 8.14. The summed E-state index contributed by atoms with van der Waals surface area (Å²) < 4.78 is 0. The first kappa shape index (κ1) is 17.6. The van der Waals surface area contributed by atoms with E-state index in [0.29, 0.717) is 36.8 Å². The average Bonchev–Trinajstić information content (AvgIpc) is 3.19. The molecule has 1 unspecified atom stereocenters. The Morgan fingerprint density at radius 3 is 2.89 bits per heavy atom. The molecule has 1 atom stereocenters. The minimum Gasteiger partial charge on any atom is -0.375 e. The van der Waals surface area contributed by atoms with Crippen molar-refractivity contribution in [1.29, 1.82) is 0 Å². The second kappa shape index (κ2) is 7.09. The summed E-state index contributed by atoms with van der Waals surface area (Å²) >= 11 is 1.44. The van der Waals surface area contributed by atoms with Gasteiger partial charge in [0.25, 0.3) is 5.91 Å². The van der Waals surface area contributed by atoms with E-state index < -0.39 is 11.9 Å². The fourth-order valence-corrected chi connectivity index (χ4v) is 4.10. The normalized spacial score (nSPS) is 19.3. The van der Waals surface area contributed by atoms with E-state index in [1.54, 1.807) is 11.1 Å². The molecule has 8 nitrogen and oxygen atoms in total. The monoisotopic (exact) mass is 385 g/mol. The van der Waals surface area contributed by atoms with Gasteiger partial charge in [-0.05, 0) is 23.6 Å². The molecule has 9 heteroatoms. The molecule has 3 heterocycles. The van der Waals surface area contributed by atoms with Crippen molar-refractivity contribution < 1.29 is 14.4 Å². The maximum Gasteiger partial charge on any atom is 0.255 e. The van der Waals surface area contributed by atoms with Gasteiger partial charge in [-0.15, -0.1) is 11.3 Å². The van der Waals surface area contributed by atoms with Crippen molar-refractivity contribution in [2.24, 2.45) is 0 Å². The van der Waals surface area contributed by atoms with E-state index in [1.165, 1.54) is 11.3 Å². The number of nitrogens with one attached hydrogen (secondary N) is 2. The summed E-state index contributed by atoms with van der Waals surface area (Å²) in [4.78, 5) is 42.8. The second-order valence-corrected chi connectivity index (χ2v) is 7.81. The van der Waals surface area contributed by atoms with Crippen molar-refractivity contribution in [2.75, 3.05) is 5.73 Å². The molecule has 0 aliphatic carbocycles. The molecular formula is C18H19N5O3S. The summed E-state index contributed by atoms with van der Waals surface area (Å²) in [5.74, 6) is -0.828. The van der Waals surface area contributed by atoms with Crippen LogP contribution in [0.1, 0.15) is 39.2 Å². The molecule has 2 aliphatic rings. The number of amides is 3. The van der Waals surface area contributed by atoms with Crippen LogP contribution in [0.15, 0.2) is 24.4 Å². The largest absolute Gasteiger partial charge is 0.375 e. The van der Waals surface area contributed by atoms with Crippen molar-refractivity contribution >= 4 is 34.2 Å². The quantitative estimate of drug-likeness (QED) is 0.655. The molecule has 1 saturated heterocycles. The molecule has 0 saturated carbocycles. The summed E-state index contributed by atoms with van der Waals surface area (Å²) in [6.45, 7) is 1.66. The van der Waals surface area contributed by atoms with Crippen LogP contribution >= 0.6 is 11.3 Å². The molecule has 2 aliphatic heterocycles. The van der Waals surface area contributed by atoms with E-state index in [2.05, 4.69) is 15.6 Å². The number of carbonyl (C=O) groups is 3. The van der Waals surface area contributed by atoms with E-state index in [4.69, 9.17) is 5.73 Å². The lowest BCUT2D eigenvalue weighted by Gasteiger charge is -2.29. The summed E-state index contributed by atoms with van der Waals surface area (Å²) in [5, 5.41) is 6.17. The lowest BCUT2D eigenvalue weighted by Crippen LogP contribution is -2.52. The molecule has 4 rings (SSSR count). The number of rotatable bonds is 5. The maximum atomic E-state index is 12.8. The number of nitrogens with zero attached hydrogens (tertiary/aromatic N) is 2. The predicted molar refractivity (Wildman–Crippen MR) is 99.6 cm³/mol. The smallest absolute Gasteiger partial charge is 0.255 e. The van der Waals surface area contributed by atoms with Gasteiger partial charge in [0.15, 0.2) is 5.13 Å². The Balaban J connectivity index is 1.42. The third kappa shape index (κ3) is 3.56. The fourth-order valence-electron chi connectivity index (χ4n) is 3.45. The number of nitrogen functional groups attached to an aromatic ring is 1. The Kier molecular flexibility index (Phi) is 4.63. The van der Waals surface area contributed by atoms with Crippen LogP contribution in [0.5, 0.6) is 0 Å². The molecule has 3 amide bonds. The van der Waals surface area contributed by atoms with Gasteiger partial charge in [-0.1, -0.05) is 12.1 Å². The van der Waals surface area contributed by atoms with Crippen LogP contribution in [0.4, 0.5) is 5.13 Å². The number of carbonyl (C=O) groups excluding carboxylic acids is 3. The first-order valence-electron chi connectivity index (χ1n) is 8.68. The Morgan fingerprint density at radius 2 is 2.15 bits per heavy atom. The van der Waals surface area contributed by atoms with Crippen molar-refractivity contribution in [3.8, 4) is 0 Å². The molecule has 0 spiro atoms. The summed E-state index contributed by atoms with van der Waals surface area (Å²) in [6, 6.07) is 5.20. The highest BCUT2D eigenvalue weighted by Gasteiger charge is 2.38. The topological polar surface area (TPSA) is 117 Å².